The number of aromatic hydroxyl groups is 2. The van der Waals surface area contributed by atoms with Crippen LogP contribution < -0.4 is 19.6 Å². The van der Waals surface area contributed by atoms with Crippen molar-refractivity contribution in [1.82, 2.24) is 20.0 Å². The molecule has 0 spiro atoms. The summed E-state index contributed by atoms with van der Waals surface area (Å²) in [5, 5.41) is 42.4. The van der Waals surface area contributed by atoms with E-state index in [1.165, 1.54) is 0 Å². The number of hydrogen-bond acceptors (Lipinski definition) is 7. The summed E-state index contributed by atoms with van der Waals surface area (Å²) in [6, 6.07) is 7.63. The molecule has 1 aromatic heterocycles. The zero-order valence-electron chi connectivity index (χ0n) is 18.6. The Balaban J connectivity index is 1.74. The summed E-state index contributed by atoms with van der Waals surface area (Å²) in [6.45, 7) is 10.2. The van der Waals surface area contributed by atoms with Crippen LogP contribution in [0.25, 0.3) is 22.2 Å². The van der Waals surface area contributed by atoms with Crippen LogP contribution in [0.15, 0.2) is 24.3 Å². The van der Waals surface area contributed by atoms with E-state index >= 15 is 0 Å². The van der Waals surface area contributed by atoms with Gasteiger partial charge in [-0.05, 0) is 0 Å². The van der Waals surface area contributed by atoms with Crippen LogP contribution in [-0.2, 0) is 6.54 Å². The van der Waals surface area contributed by atoms with Gasteiger partial charge in [-0.15, -0.1) is 0 Å². The fraction of sp³-hybridized carbons (Fsp3) is 0.435. The number of hydrogen-bond donors (Lipinski definition) is 5. The average Bonchev–Trinajstić information content (AvgIpc) is 3.18. The fourth-order valence-corrected chi connectivity index (χ4v) is 6.65. The molecule has 0 amide bonds. The third kappa shape index (κ3) is 4.31. The second kappa shape index (κ2) is 10.1. The molecular weight excluding hydrogens is 473 g/mol. The zero-order valence-corrected chi connectivity index (χ0v) is 20.3. The molecule has 0 radical (unpaired) electrons. The SMILES string of the molecule is CCN(CC)CCn1nc2c3c(c(NCCNCCO)ccc31)[Se]c1c-2ccc(O)c1O. The van der Waals surface area contributed by atoms with Crippen molar-refractivity contribution in [2.24, 2.45) is 0 Å². The van der Waals surface area contributed by atoms with Crippen molar-refractivity contribution in [3.63, 3.8) is 0 Å². The molecule has 3 aromatic rings. The first-order chi connectivity index (χ1) is 15.6. The zero-order chi connectivity index (χ0) is 22.7. The van der Waals surface area contributed by atoms with Gasteiger partial charge in [0.1, 0.15) is 0 Å². The summed E-state index contributed by atoms with van der Waals surface area (Å²) < 4.78 is 4.00. The normalized spacial score (nSPS) is 12.5. The third-order valence-electron chi connectivity index (χ3n) is 5.87. The number of nitrogens with one attached hydrogen (secondary N) is 2. The number of likely N-dealkylation sites (N-methyl/N-ethyl adjacent to an activating group) is 1. The van der Waals surface area contributed by atoms with Gasteiger partial charge in [-0.1, -0.05) is 0 Å². The molecule has 0 fully saturated rings. The molecule has 1 aliphatic rings. The Hall–Kier alpha value is -2.29. The van der Waals surface area contributed by atoms with Gasteiger partial charge in [0.2, 0.25) is 0 Å². The minimum absolute atomic E-state index is 0.0431. The van der Waals surface area contributed by atoms with Gasteiger partial charge in [0.15, 0.2) is 0 Å². The van der Waals surface area contributed by atoms with Gasteiger partial charge < -0.3 is 0 Å². The number of anilines is 1. The van der Waals surface area contributed by atoms with E-state index in [0.29, 0.717) is 6.54 Å². The second-order valence-corrected chi connectivity index (χ2v) is 9.89. The fourth-order valence-electron chi connectivity index (χ4n) is 4.06. The van der Waals surface area contributed by atoms with Gasteiger partial charge >= 0.3 is 194 Å². The van der Waals surface area contributed by atoms with Crippen molar-refractivity contribution in [2.45, 2.75) is 20.4 Å². The molecule has 1 aliphatic heterocycles. The van der Waals surface area contributed by atoms with Crippen LogP contribution in [0, 0.1) is 0 Å². The van der Waals surface area contributed by atoms with Crippen LogP contribution >= 0.6 is 0 Å². The molecule has 5 N–H and O–H groups in total. The summed E-state index contributed by atoms with van der Waals surface area (Å²) in [5.74, 6) is -0.136. The van der Waals surface area contributed by atoms with Crippen LogP contribution in [0.4, 0.5) is 5.69 Å². The topological polar surface area (TPSA) is 106 Å². The van der Waals surface area contributed by atoms with Crippen LogP contribution in [0.1, 0.15) is 13.8 Å². The maximum atomic E-state index is 10.6. The summed E-state index contributed by atoms with van der Waals surface area (Å²) in [6.07, 6.45) is 0. The Bertz CT molecular complexity index is 1100. The van der Waals surface area contributed by atoms with E-state index in [4.69, 9.17) is 10.2 Å². The monoisotopic (exact) mass is 505 g/mol. The maximum absolute atomic E-state index is 10.6. The van der Waals surface area contributed by atoms with Gasteiger partial charge in [0, 0.05) is 0 Å². The molecule has 0 saturated carbocycles. The van der Waals surface area contributed by atoms with E-state index in [1.54, 1.807) is 6.07 Å². The third-order valence-corrected chi connectivity index (χ3v) is 8.48. The second-order valence-electron chi connectivity index (χ2n) is 7.75. The number of aromatic nitrogens is 2. The molecule has 172 valence electrons. The van der Waals surface area contributed by atoms with E-state index in [0.717, 1.165) is 76.0 Å². The van der Waals surface area contributed by atoms with Crippen LogP contribution in [0.2, 0.25) is 0 Å². The van der Waals surface area contributed by atoms with Crippen molar-refractivity contribution in [3.8, 4) is 22.8 Å². The van der Waals surface area contributed by atoms with Gasteiger partial charge in [-0.3, -0.25) is 0 Å². The van der Waals surface area contributed by atoms with Gasteiger partial charge in [0.05, 0.1) is 0 Å². The van der Waals surface area contributed by atoms with Crippen LogP contribution in [0.3, 0.4) is 0 Å². The first-order valence-electron chi connectivity index (χ1n) is 11.1. The number of rotatable bonds is 11. The average molecular weight is 504 g/mol. The van der Waals surface area contributed by atoms with Crippen molar-refractivity contribution in [1.29, 1.82) is 0 Å². The summed E-state index contributed by atoms with van der Waals surface area (Å²) >= 11 is -0.182. The van der Waals surface area contributed by atoms with Gasteiger partial charge in [-0.25, -0.2) is 0 Å². The van der Waals surface area contributed by atoms with Crippen molar-refractivity contribution in [3.05, 3.63) is 24.3 Å². The van der Waals surface area contributed by atoms with Crippen LogP contribution in [0.5, 0.6) is 11.5 Å². The van der Waals surface area contributed by atoms with Crippen molar-refractivity contribution >= 4 is 40.5 Å². The number of aliphatic hydroxyl groups excluding tert-OH is 1. The Morgan fingerprint density at radius 2 is 1.84 bits per heavy atom. The number of benzene rings is 2. The van der Waals surface area contributed by atoms with E-state index in [2.05, 4.69) is 46.2 Å². The molecule has 0 unspecified atom stereocenters. The molecule has 8 nitrogen and oxygen atoms in total. The number of phenolic OH excluding ortho intramolecular Hbond substituents is 2. The molecule has 0 bridgehead atoms. The predicted molar refractivity (Wildman–Crippen MR) is 130 cm³/mol. The Kier molecular flexibility index (Phi) is 7.23. The Morgan fingerprint density at radius 3 is 2.59 bits per heavy atom. The summed E-state index contributed by atoms with van der Waals surface area (Å²) in [7, 11) is 0. The molecule has 2 heterocycles. The van der Waals surface area contributed by atoms with E-state index in [9.17, 15) is 10.2 Å². The number of fused-ring (bicyclic) bond motifs is 2. The first kappa shape index (κ1) is 22.9. The standard InChI is InChI=1S/C23H31N5O3Se/c1-3-27(4-2)12-13-28-17-7-6-16(25-10-9-24-11-14-29)23-19(17)20(26-28)15-5-8-18(30)21(31)22(15)32-23/h5-8,24-25,29-31H,3-4,9-14H2,1-2H3. The minimum atomic E-state index is -0.182. The number of nitrogens with zero attached hydrogens (tertiary/aromatic N) is 3. The summed E-state index contributed by atoms with van der Waals surface area (Å²) in [4.78, 5) is 2.38. The van der Waals surface area contributed by atoms with Gasteiger partial charge in [0.25, 0.3) is 0 Å². The van der Waals surface area contributed by atoms with E-state index in [1.807, 2.05) is 6.07 Å². The quantitative estimate of drug-likeness (QED) is 0.115. The molecule has 4 rings (SSSR count). The molecule has 0 aliphatic carbocycles. The summed E-state index contributed by atoms with van der Waals surface area (Å²) in [5.41, 5.74) is 3.91. The first-order valence-corrected chi connectivity index (χ1v) is 12.8. The molecule has 9 heteroatoms. The number of aliphatic hydroxyl groups is 1. The molecule has 2 aromatic carbocycles. The Labute approximate surface area is 194 Å². The molecule has 0 saturated heterocycles. The molecular formula is C23H31N5O3Se. The Morgan fingerprint density at radius 1 is 1.03 bits per heavy atom. The molecule has 32 heavy (non-hydrogen) atoms. The molecule has 0 atom stereocenters. The van der Waals surface area contributed by atoms with E-state index < -0.39 is 0 Å². The van der Waals surface area contributed by atoms with Gasteiger partial charge in [-0.2, -0.15) is 0 Å². The van der Waals surface area contributed by atoms with Crippen molar-refractivity contribution < 1.29 is 15.3 Å². The number of phenols is 2. The van der Waals surface area contributed by atoms with Crippen LogP contribution in [-0.4, -0.2) is 90.8 Å². The van der Waals surface area contributed by atoms with Crippen molar-refractivity contribution in [2.75, 3.05) is 51.2 Å². The predicted octanol–water partition coefficient (Wildman–Crippen LogP) is 0.419. The van der Waals surface area contributed by atoms with E-state index in [-0.39, 0.29) is 33.1 Å².